The number of aromatic amines is 1. The third kappa shape index (κ3) is 1.40. The van der Waals surface area contributed by atoms with Gasteiger partial charge in [0, 0.05) is 18.1 Å². The molecule has 1 aromatic carbocycles. The zero-order valence-electron chi connectivity index (χ0n) is 10.1. The molecule has 0 saturated carbocycles. The van der Waals surface area contributed by atoms with Gasteiger partial charge in [0.25, 0.3) is 5.56 Å². The van der Waals surface area contributed by atoms with Gasteiger partial charge >= 0.3 is 0 Å². The number of ether oxygens (including phenoxy) is 2. The number of fused-ring (bicyclic) bond motifs is 3. The minimum absolute atomic E-state index is 0.195. The molecule has 0 bridgehead atoms. The first-order valence-electron chi connectivity index (χ1n) is 5.57. The fourth-order valence-corrected chi connectivity index (χ4v) is 2.39. The van der Waals surface area contributed by atoms with E-state index in [2.05, 4.69) is 10.2 Å². The molecule has 1 aliphatic rings. The Hall–Kier alpha value is -2.30. The van der Waals surface area contributed by atoms with E-state index in [-0.39, 0.29) is 5.56 Å². The van der Waals surface area contributed by atoms with Gasteiger partial charge in [0.15, 0.2) is 0 Å². The number of hydrogen-bond acceptors (Lipinski definition) is 4. The van der Waals surface area contributed by atoms with Gasteiger partial charge in [0.2, 0.25) is 0 Å². The summed E-state index contributed by atoms with van der Waals surface area (Å²) in [6, 6.07) is 5.28. The predicted molar refractivity (Wildman–Crippen MR) is 66.2 cm³/mol. The van der Waals surface area contributed by atoms with E-state index in [1.165, 1.54) is 0 Å². The van der Waals surface area contributed by atoms with Gasteiger partial charge in [-0.1, -0.05) is 0 Å². The van der Waals surface area contributed by atoms with Gasteiger partial charge in [-0.2, -0.15) is 5.10 Å². The molecule has 5 heteroatoms. The molecule has 1 aliphatic carbocycles. The molecule has 1 N–H and O–H groups in total. The highest BCUT2D eigenvalue weighted by Crippen LogP contribution is 2.44. The Balaban J connectivity index is 2.31. The lowest BCUT2D eigenvalue weighted by Gasteiger charge is -2.10. The lowest BCUT2D eigenvalue weighted by molar-refractivity contribution is 0.401. The van der Waals surface area contributed by atoms with Crippen LogP contribution in [0.25, 0.3) is 11.3 Å². The minimum Gasteiger partial charge on any atom is -0.496 e. The molecule has 1 heterocycles. The van der Waals surface area contributed by atoms with Crippen LogP contribution in [0.2, 0.25) is 0 Å². The standard InChI is InChI=1S/C13H12N2O3/c1-17-9-3-4-10(18-2)12-8(9)5-7-6-11(16)14-15-13(7)12/h3-4,6H,5H2,1-2H3,(H,14,16). The summed E-state index contributed by atoms with van der Waals surface area (Å²) in [6.45, 7) is 0. The van der Waals surface area contributed by atoms with Crippen molar-refractivity contribution >= 4 is 0 Å². The van der Waals surface area contributed by atoms with Crippen LogP contribution >= 0.6 is 0 Å². The van der Waals surface area contributed by atoms with Crippen molar-refractivity contribution in [3.8, 4) is 22.8 Å². The monoisotopic (exact) mass is 244 g/mol. The maximum atomic E-state index is 11.3. The lowest BCUT2D eigenvalue weighted by Crippen LogP contribution is -2.07. The van der Waals surface area contributed by atoms with Gasteiger partial charge in [-0.3, -0.25) is 4.79 Å². The molecule has 18 heavy (non-hydrogen) atoms. The first-order valence-corrected chi connectivity index (χ1v) is 5.57. The van der Waals surface area contributed by atoms with Gasteiger partial charge in [-0.25, -0.2) is 5.10 Å². The molecule has 0 saturated heterocycles. The molecule has 92 valence electrons. The molecule has 0 spiro atoms. The number of H-pyrrole nitrogens is 1. The Labute approximate surface area is 103 Å². The van der Waals surface area contributed by atoms with E-state index in [0.29, 0.717) is 6.42 Å². The van der Waals surface area contributed by atoms with Crippen LogP contribution in [0.3, 0.4) is 0 Å². The average Bonchev–Trinajstić information content (AvgIpc) is 2.75. The van der Waals surface area contributed by atoms with Crippen LogP contribution in [0, 0.1) is 0 Å². The third-order valence-electron chi connectivity index (χ3n) is 3.16. The second-order valence-electron chi connectivity index (χ2n) is 4.11. The predicted octanol–water partition coefficient (Wildman–Crippen LogP) is 1.36. The summed E-state index contributed by atoms with van der Waals surface area (Å²) in [7, 11) is 3.25. The minimum atomic E-state index is -0.195. The van der Waals surface area contributed by atoms with Crippen LogP contribution in [0.1, 0.15) is 11.1 Å². The van der Waals surface area contributed by atoms with Crippen LogP contribution in [-0.2, 0) is 6.42 Å². The number of methoxy groups -OCH3 is 2. The number of nitrogens with zero attached hydrogens (tertiary/aromatic N) is 1. The number of nitrogens with one attached hydrogen (secondary N) is 1. The summed E-state index contributed by atoms with van der Waals surface area (Å²) in [5.41, 5.74) is 3.39. The molecule has 2 aromatic rings. The van der Waals surface area contributed by atoms with Gasteiger partial charge in [0.1, 0.15) is 11.5 Å². The number of aromatic nitrogens is 2. The van der Waals surface area contributed by atoms with Crippen molar-refractivity contribution in [2.24, 2.45) is 0 Å². The number of hydrogen-bond donors (Lipinski definition) is 1. The van der Waals surface area contributed by atoms with Crippen LogP contribution < -0.4 is 15.0 Å². The second-order valence-corrected chi connectivity index (χ2v) is 4.11. The topological polar surface area (TPSA) is 64.2 Å². The molecule has 0 fully saturated rings. The van der Waals surface area contributed by atoms with E-state index >= 15 is 0 Å². The van der Waals surface area contributed by atoms with Crippen molar-refractivity contribution in [3.05, 3.63) is 39.7 Å². The summed E-state index contributed by atoms with van der Waals surface area (Å²) in [4.78, 5) is 11.3. The maximum Gasteiger partial charge on any atom is 0.264 e. The third-order valence-corrected chi connectivity index (χ3v) is 3.16. The van der Waals surface area contributed by atoms with E-state index in [1.807, 2.05) is 12.1 Å². The van der Waals surface area contributed by atoms with Crippen LogP contribution in [-0.4, -0.2) is 24.4 Å². The molecule has 0 atom stereocenters. The Morgan fingerprint density at radius 1 is 1.22 bits per heavy atom. The second kappa shape index (κ2) is 3.87. The highest BCUT2D eigenvalue weighted by atomic mass is 16.5. The smallest absolute Gasteiger partial charge is 0.264 e. The molecule has 3 rings (SSSR count). The molecular formula is C13H12N2O3. The lowest BCUT2D eigenvalue weighted by atomic mass is 10.1. The highest BCUT2D eigenvalue weighted by molar-refractivity contribution is 5.81. The Morgan fingerprint density at radius 3 is 2.67 bits per heavy atom. The SMILES string of the molecule is COc1ccc(OC)c2c1Cc1cc(=O)[nH]nc1-2. The zero-order valence-corrected chi connectivity index (χ0v) is 10.1. The number of benzene rings is 1. The van der Waals surface area contributed by atoms with Crippen molar-refractivity contribution in [1.82, 2.24) is 10.2 Å². The van der Waals surface area contributed by atoms with Crippen LogP contribution in [0.5, 0.6) is 11.5 Å². The Kier molecular flexibility index (Phi) is 2.33. The first-order chi connectivity index (χ1) is 8.74. The van der Waals surface area contributed by atoms with E-state index in [0.717, 1.165) is 33.9 Å². The quantitative estimate of drug-likeness (QED) is 0.739. The van der Waals surface area contributed by atoms with Crippen molar-refractivity contribution in [2.75, 3.05) is 14.2 Å². The van der Waals surface area contributed by atoms with Gasteiger partial charge in [-0.15, -0.1) is 0 Å². The van der Waals surface area contributed by atoms with Crippen LogP contribution in [0.15, 0.2) is 23.0 Å². The van der Waals surface area contributed by atoms with Crippen LogP contribution in [0.4, 0.5) is 0 Å². The summed E-state index contributed by atoms with van der Waals surface area (Å²) in [5.74, 6) is 1.53. The first kappa shape index (κ1) is 10.8. The molecule has 0 radical (unpaired) electrons. The summed E-state index contributed by atoms with van der Waals surface area (Å²) >= 11 is 0. The van der Waals surface area contributed by atoms with Crippen molar-refractivity contribution < 1.29 is 9.47 Å². The summed E-state index contributed by atoms with van der Waals surface area (Å²) in [6.07, 6.45) is 0.641. The normalized spacial score (nSPS) is 11.9. The van der Waals surface area contributed by atoms with E-state index < -0.39 is 0 Å². The Bertz CT molecular complexity index is 676. The molecule has 0 unspecified atom stereocenters. The molecular weight excluding hydrogens is 232 g/mol. The zero-order chi connectivity index (χ0) is 12.7. The molecule has 5 nitrogen and oxygen atoms in total. The summed E-state index contributed by atoms with van der Waals surface area (Å²) in [5, 5.41) is 6.57. The average molecular weight is 244 g/mol. The van der Waals surface area contributed by atoms with E-state index in [4.69, 9.17) is 9.47 Å². The molecule has 1 aromatic heterocycles. The fraction of sp³-hybridized carbons (Fsp3) is 0.231. The largest absolute Gasteiger partial charge is 0.496 e. The highest BCUT2D eigenvalue weighted by Gasteiger charge is 2.27. The van der Waals surface area contributed by atoms with E-state index in [9.17, 15) is 4.79 Å². The van der Waals surface area contributed by atoms with E-state index in [1.54, 1.807) is 20.3 Å². The Morgan fingerprint density at radius 2 is 1.94 bits per heavy atom. The van der Waals surface area contributed by atoms with Gasteiger partial charge < -0.3 is 9.47 Å². The maximum absolute atomic E-state index is 11.3. The van der Waals surface area contributed by atoms with Gasteiger partial charge in [0.05, 0.1) is 25.5 Å². The van der Waals surface area contributed by atoms with Crippen molar-refractivity contribution in [1.29, 1.82) is 0 Å². The fourth-order valence-electron chi connectivity index (χ4n) is 2.39. The van der Waals surface area contributed by atoms with Gasteiger partial charge in [-0.05, 0) is 17.7 Å². The molecule has 0 aliphatic heterocycles. The van der Waals surface area contributed by atoms with Crippen molar-refractivity contribution in [3.63, 3.8) is 0 Å². The number of rotatable bonds is 2. The summed E-state index contributed by atoms with van der Waals surface area (Å²) < 4.78 is 10.7. The van der Waals surface area contributed by atoms with Crippen molar-refractivity contribution in [2.45, 2.75) is 6.42 Å². The molecule has 0 amide bonds.